The summed E-state index contributed by atoms with van der Waals surface area (Å²) >= 11 is 0. The Balaban J connectivity index is 1.82. The number of rotatable bonds is 6. The molecule has 0 unspecified atom stereocenters. The van der Waals surface area contributed by atoms with Gasteiger partial charge in [-0.15, -0.1) is 0 Å². The van der Waals surface area contributed by atoms with E-state index in [2.05, 4.69) is 14.6 Å². The van der Waals surface area contributed by atoms with Gasteiger partial charge in [-0.05, 0) is 12.1 Å². The van der Waals surface area contributed by atoms with Crippen molar-refractivity contribution in [1.29, 1.82) is 0 Å². The van der Waals surface area contributed by atoms with Gasteiger partial charge in [-0.1, -0.05) is 0 Å². The number of esters is 1. The standard InChI is InChI=1S/C18H22N2O6/c1-23-15-11-14-12(9-13(17(21)19-14)18(22)24-2)10-16(15)26-8-5-20-3-6-25-7-4-20/h9-11H,3-8H2,1-2H3,(H,19,21). The van der Waals surface area contributed by atoms with E-state index in [1.165, 1.54) is 20.3 Å². The Kier molecular flexibility index (Phi) is 5.75. The van der Waals surface area contributed by atoms with Crippen molar-refractivity contribution in [1.82, 2.24) is 9.88 Å². The van der Waals surface area contributed by atoms with Crippen LogP contribution in [0.3, 0.4) is 0 Å². The van der Waals surface area contributed by atoms with Crippen LogP contribution in [-0.4, -0.2) is 69.5 Å². The number of pyridine rings is 1. The molecule has 8 nitrogen and oxygen atoms in total. The number of nitrogens with one attached hydrogen (secondary N) is 1. The van der Waals surface area contributed by atoms with E-state index in [-0.39, 0.29) is 5.56 Å². The van der Waals surface area contributed by atoms with Crippen LogP contribution in [0.1, 0.15) is 10.4 Å². The molecule has 0 saturated carbocycles. The molecule has 26 heavy (non-hydrogen) atoms. The summed E-state index contributed by atoms with van der Waals surface area (Å²) in [4.78, 5) is 28.7. The molecule has 1 fully saturated rings. The van der Waals surface area contributed by atoms with E-state index >= 15 is 0 Å². The normalized spacial score (nSPS) is 15.0. The van der Waals surface area contributed by atoms with Crippen molar-refractivity contribution in [2.75, 3.05) is 53.7 Å². The number of morpholine rings is 1. The highest BCUT2D eigenvalue weighted by Crippen LogP contribution is 2.31. The Labute approximate surface area is 150 Å². The van der Waals surface area contributed by atoms with Crippen molar-refractivity contribution in [3.8, 4) is 11.5 Å². The second-order valence-electron chi connectivity index (χ2n) is 5.90. The fourth-order valence-electron chi connectivity index (χ4n) is 2.86. The third kappa shape index (κ3) is 3.97. The smallest absolute Gasteiger partial charge is 0.343 e. The first kappa shape index (κ1) is 18.2. The molecule has 0 atom stereocenters. The summed E-state index contributed by atoms with van der Waals surface area (Å²) in [6, 6.07) is 4.92. The minimum absolute atomic E-state index is 0.0515. The zero-order valence-electron chi connectivity index (χ0n) is 14.9. The van der Waals surface area contributed by atoms with E-state index in [1.54, 1.807) is 12.1 Å². The van der Waals surface area contributed by atoms with E-state index in [0.29, 0.717) is 29.0 Å². The number of H-pyrrole nitrogens is 1. The third-order valence-corrected chi connectivity index (χ3v) is 4.30. The Bertz CT molecular complexity index is 841. The van der Waals surface area contributed by atoms with E-state index in [1.807, 2.05) is 0 Å². The zero-order valence-corrected chi connectivity index (χ0v) is 14.9. The Hall–Kier alpha value is -2.58. The molecule has 0 amide bonds. The highest BCUT2D eigenvalue weighted by Gasteiger charge is 2.15. The van der Waals surface area contributed by atoms with Crippen molar-refractivity contribution in [2.45, 2.75) is 0 Å². The number of carbonyl (C=O) groups is 1. The first-order chi connectivity index (χ1) is 12.6. The van der Waals surface area contributed by atoms with Gasteiger partial charge in [0.15, 0.2) is 11.5 Å². The van der Waals surface area contributed by atoms with Gasteiger partial charge in [-0.3, -0.25) is 9.69 Å². The monoisotopic (exact) mass is 362 g/mol. The summed E-state index contributed by atoms with van der Waals surface area (Å²) in [7, 11) is 2.77. The summed E-state index contributed by atoms with van der Waals surface area (Å²) in [6.45, 7) is 4.54. The molecule has 1 aliphatic rings. The summed E-state index contributed by atoms with van der Waals surface area (Å²) in [6.07, 6.45) is 0. The molecule has 1 N–H and O–H groups in total. The first-order valence-corrected chi connectivity index (χ1v) is 8.38. The summed E-state index contributed by atoms with van der Waals surface area (Å²) in [5, 5.41) is 0.659. The maximum Gasteiger partial charge on any atom is 0.343 e. The molecule has 3 rings (SSSR count). The minimum Gasteiger partial charge on any atom is -0.493 e. The molecule has 0 aliphatic carbocycles. The lowest BCUT2D eigenvalue weighted by atomic mass is 10.1. The molecule has 1 aromatic heterocycles. The number of carbonyl (C=O) groups excluding carboxylic acids is 1. The van der Waals surface area contributed by atoms with Crippen LogP contribution in [0.25, 0.3) is 10.9 Å². The van der Waals surface area contributed by atoms with E-state index in [4.69, 9.17) is 14.2 Å². The van der Waals surface area contributed by atoms with Crippen molar-refractivity contribution in [3.05, 3.63) is 34.1 Å². The number of hydrogen-bond acceptors (Lipinski definition) is 7. The number of aromatic nitrogens is 1. The maximum atomic E-state index is 12.0. The van der Waals surface area contributed by atoms with Gasteiger partial charge in [-0.25, -0.2) is 4.79 Å². The van der Waals surface area contributed by atoms with E-state index in [9.17, 15) is 9.59 Å². The van der Waals surface area contributed by atoms with Crippen LogP contribution in [-0.2, 0) is 9.47 Å². The molecule has 0 spiro atoms. The van der Waals surface area contributed by atoms with Crippen molar-refractivity contribution < 1.29 is 23.7 Å². The lowest BCUT2D eigenvalue weighted by Gasteiger charge is -2.26. The Morgan fingerprint density at radius 2 is 1.96 bits per heavy atom. The van der Waals surface area contributed by atoms with E-state index in [0.717, 1.165) is 32.8 Å². The number of ether oxygens (including phenoxy) is 4. The summed E-state index contributed by atoms with van der Waals surface area (Å²) in [5.41, 5.74) is -0.00291. The highest BCUT2D eigenvalue weighted by atomic mass is 16.5. The number of nitrogens with zero attached hydrogens (tertiary/aromatic N) is 1. The average Bonchev–Trinajstić information content (AvgIpc) is 2.67. The number of hydrogen-bond donors (Lipinski definition) is 1. The first-order valence-electron chi connectivity index (χ1n) is 8.38. The third-order valence-electron chi connectivity index (χ3n) is 4.30. The average molecular weight is 362 g/mol. The number of fused-ring (bicyclic) bond motifs is 1. The molecule has 8 heteroatoms. The number of benzene rings is 1. The predicted octanol–water partition coefficient (Wildman–Crippen LogP) is 1.03. The fraction of sp³-hybridized carbons (Fsp3) is 0.444. The van der Waals surface area contributed by atoms with Gasteiger partial charge in [0, 0.05) is 31.1 Å². The van der Waals surface area contributed by atoms with Gasteiger partial charge >= 0.3 is 5.97 Å². The number of methoxy groups -OCH3 is 2. The van der Waals surface area contributed by atoms with Gasteiger partial charge < -0.3 is 23.9 Å². The van der Waals surface area contributed by atoms with Crippen LogP contribution in [0.4, 0.5) is 0 Å². The van der Waals surface area contributed by atoms with Crippen LogP contribution in [0.2, 0.25) is 0 Å². The minimum atomic E-state index is -0.682. The van der Waals surface area contributed by atoms with Gasteiger partial charge in [0.1, 0.15) is 12.2 Å². The molecule has 140 valence electrons. The number of aromatic amines is 1. The molecule has 1 aromatic carbocycles. The highest BCUT2D eigenvalue weighted by molar-refractivity contribution is 5.94. The molecule has 2 aromatic rings. The van der Waals surface area contributed by atoms with Gasteiger partial charge in [0.05, 0.1) is 33.0 Å². The summed E-state index contributed by atoms with van der Waals surface area (Å²) in [5.74, 6) is 0.385. The largest absolute Gasteiger partial charge is 0.493 e. The van der Waals surface area contributed by atoms with Crippen molar-refractivity contribution >= 4 is 16.9 Å². The fourth-order valence-corrected chi connectivity index (χ4v) is 2.86. The molecule has 2 heterocycles. The Morgan fingerprint density at radius 1 is 1.19 bits per heavy atom. The second kappa shape index (κ2) is 8.20. The molecule has 1 saturated heterocycles. The molecular formula is C18H22N2O6. The van der Waals surface area contributed by atoms with Crippen LogP contribution in [0, 0.1) is 0 Å². The lowest BCUT2D eigenvalue weighted by molar-refractivity contribution is 0.0321. The molecule has 0 radical (unpaired) electrons. The quantitative estimate of drug-likeness (QED) is 0.768. The SMILES string of the molecule is COC(=O)c1cc2cc(OCCN3CCOCC3)c(OC)cc2[nH]c1=O. The van der Waals surface area contributed by atoms with Gasteiger partial charge in [0.2, 0.25) is 0 Å². The lowest BCUT2D eigenvalue weighted by Crippen LogP contribution is -2.38. The topological polar surface area (TPSA) is 90.1 Å². The van der Waals surface area contributed by atoms with Crippen molar-refractivity contribution in [3.63, 3.8) is 0 Å². The summed E-state index contributed by atoms with van der Waals surface area (Å²) < 4.78 is 21.2. The Morgan fingerprint density at radius 3 is 2.65 bits per heavy atom. The second-order valence-corrected chi connectivity index (χ2v) is 5.90. The molecule has 1 aliphatic heterocycles. The van der Waals surface area contributed by atoms with Crippen molar-refractivity contribution in [2.24, 2.45) is 0 Å². The van der Waals surface area contributed by atoms with Crippen LogP contribution in [0.5, 0.6) is 11.5 Å². The maximum absolute atomic E-state index is 12.0. The zero-order chi connectivity index (χ0) is 18.5. The van der Waals surface area contributed by atoms with E-state index < -0.39 is 11.5 Å². The van der Waals surface area contributed by atoms with Gasteiger partial charge in [0.25, 0.3) is 5.56 Å². The van der Waals surface area contributed by atoms with Crippen LogP contribution < -0.4 is 15.0 Å². The molecular weight excluding hydrogens is 340 g/mol. The van der Waals surface area contributed by atoms with Crippen LogP contribution in [0.15, 0.2) is 23.0 Å². The molecule has 0 bridgehead atoms. The van der Waals surface area contributed by atoms with Gasteiger partial charge in [-0.2, -0.15) is 0 Å². The predicted molar refractivity (Wildman–Crippen MR) is 95.2 cm³/mol. The van der Waals surface area contributed by atoms with Crippen LogP contribution >= 0.6 is 0 Å².